The predicted molar refractivity (Wildman–Crippen MR) is 89.7 cm³/mol. The second-order valence-corrected chi connectivity index (χ2v) is 6.31. The van der Waals surface area contributed by atoms with Crippen LogP contribution in [0.2, 0.25) is 0 Å². The van der Waals surface area contributed by atoms with E-state index in [1.54, 1.807) is 6.20 Å². The lowest BCUT2D eigenvalue weighted by Gasteiger charge is -2.06. The van der Waals surface area contributed by atoms with Gasteiger partial charge < -0.3 is 11.1 Å². The van der Waals surface area contributed by atoms with E-state index in [0.29, 0.717) is 11.1 Å². The molecule has 0 atom stereocenters. The van der Waals surface area contributed by atoms with Crippen molar-refractivity contribution in [2.75, 3.05) is 11.1 Å². The monoisotopic (exact) mass is 361 g/mol. The van der Waals surface area contributed by atoms with Crippen LogP contribution in [0.25, 0.3) is 10.6 Å². The zero-order chi connectivity index (χ0) is 14.8. The van der Waals surface area contributed by atoms with Crippen LogP contribution in [0.15, 0.2) is 41.0 Å². The van der Waals surface area contributed by atoms with Crippen LogP contribution in [-0.2, 0) is 0 Å². The second-order valence-electron chi connectivity index (χ2n) is 4.37. The summed E-state index contributed by atoms with van der Waals surface area (Å²) in [7, 11) is 0. The minimum absolute atomic E-state index is 0.539. The van der Waals surface area contributed by atoms with Gasteiger partial charge in [-0.05, 0) is 31.2 Å². The Balaban J connectivity index is 1.92. The fraction of sp³-hybridized carbons (Fsp3) is 0.0714. The largest absolute Gasteiger partial charge is 0.375 e. The van der Waals surface area contributed by atoms with Crippen LogP contribution in [0.5, 0.6) is 0 Å². The molecule has 0 saturated carbocycles. The summed E-state index contributed by atoms with van der Waals surface area (Å²) in [5, 5.41) is 3.73. The molecule has 106 valence electrons. The van der Waals surface area contributed by atoms with Gasteiger partial charge in [-0.15, -0.1) is 0 Å². The van der Waals surface area contributed by atoms with E-state index in [1.165, 1.54) is 11.3 Å². The average molecular weight is 362 g/mol. The Hall–Kier alpha value is -1.99. The molecule has 3 N–H and O–H groups in total. The molecule has 0 unspecified atom stereocenters. The van der Waals surface area contributed by atoms with Crippen LogP contribution >= 0.6 is 27.3 Å². The number of nitrogen functional groups attached to an aromatic ring is 1. The lowest BCUT2D eigenvalue weighted by molar-refractivity contribution is 1.16. The first-order valence-electron chi connectivity index (χ1n) is 6.21. The molecule has 2 aromatic heterocycles. The second kappa shape index (κ2) is 5.79. The van der Waals surface area contributed by atoms with Gasteiger partial charge in [0.25, 0.3) is 0 Å². The van der Waals surface area contributed by atoms with E-state index in [-0.39, 0.29) is 0 Å². The third-order valence-electron chi connectivity index (χ3n) is 2.78. The highest BCUT2D eigenvalue weighted by atomic mass is 79.9. The normalized spacial score (nSPS) is 10.6. The van der Waals surface area contributed by atoms with E-state index >= 15 is 0 Å². The van der Waals surface area contributed by atoms with Gasteiger partial charge in [-0.25, -0.2) is 15.0 Å². The fourth-order valence-electron chi connectivity index (χ4n) is 1.90. The van der Waals surface area contributed by atoms with Crippen molar-refractivity contribution in [2.45, 2.75) is 6.92 Å². The first-order chi connectivity index (χ1) is 10.1. The summed E-state index contributed by atoms with van der Waals surface area (Å²) in [5.74, 6) is 0.539. The number of nitrogens with one attached hydrogen (secondary N) is 1. The average Bonchev–Trinajstić information content (AvgIpc) is 2.78. The molecule has 0 aliphatic rings. The maximum Gasteiger partial charge on any atom is 0.227 e. The lowest BCUT2D eigenvalue weighted by atomic mass is 10.3. The number of hydrogen-bond acceptors (Lipinski definition) is 6. The molecule has 5 nitrogen and oxygen atoms in total. The van der Waals surface area contributed by atoms with Gasteiger partial charge in [-0.3, -0.25) is 0 Å². The summed E-state index contributed by atoms with van der Waals surface area (Å²) in [6.07, 6.45) is 1.72. The van der Waals surface area contributed by atoms with Crippen molar-refractivity contribution >= 4 is 44.0 Å². The molecule has 2 heterocycles. The molecular formula is C14H12BrN5S. The number of benzene rings is 1. The summed E-state index contributed by atoms with van der Waals surface area (Å²) in [5.41, 5.74) is 8.35. The summed E-state index contributed by atoms with van der Waals surface area (Å²) >= 11 is 4.86. The number of nitrogens with zero attached hydrogens (tertiary/aromatic N) is 3. The predicted octanol–water partition coefficient (Wildman–Crippen LogP) is 4.00. The number of aryl methyl sites for hydroxylation is 1. The van der Waals surface area contributed by atoms with Gasteiger partial charge in [-0.1, -0.05) is 33.3 Å². The topological polar surface area (TPSA) is 76.7 Å². The zero-order valence-corrected chi connectivity index (χ0v) is 13.6. The fourth-order valence-corrected chi connectivity index (χ4v) is 3.10. The first kappa shape index (κ1) is 14.0. The van der Waals surface area contributed by atoms with Crippen molar-refractivity contribution in [3.05, 3.63) is 46.7 Å². The molecule has 0 amide bonds. The van der Waals surface area contributed by atoms with E-state index in [1.807, 2.05) is 37.3 Å². The minimum atomic E-state index is 0.539. The highest BCUT2D eigenvalue weighted by Crippen LogP contribution is 2.30. The Morgan fingerprint density at radius 3 is 2.81 bits per heavy atom. The molecule has 0 bridgehead atoms. The van der Waals surface area contributed by atoms with Gasteiger partial charge in [0.15, 0.2) is 5.13 Å². The quantitative estimate of drug-likeness (QED) is 0.737. The van der Waals surface area contributed by atoms with Crippen LogP contribution in [0.4, 0.5) is 16.8 Å². The molecule has 3 rings (SSSR count). The van der Waals surface area contributed by atoms with Crippen LogP contribution < -0.4 is 11.1 Å². The summed E-state index contributed by atoms with van der Waals surface area (Å²) in [4.78, 5) is 13.9. The van der Waals surface area contributed by atoms with Gasteiger partial charge in [-0.2, -0.15) is 0 Å². The summed E-state index contributed by atoms with van der Waals surface area (Å²) < 4.78 is 0.995. The molecule has 7 heteroatoms. The molecule has 0 radical (unpaired) electrons. The Morgan fingerprint density at radius 1 is 1.24 bits per heavy atom. The van der Waals surface area contributed by atoms with E-state index in [4.69, 9.17) is 5.73 Å². The molecule has 0 aliphatic carbocycles. The molecule has 0 saturated heterocycles. The van der Waals surface area contributed by atoms with Crippen molar-refractivity contribution in [3.8, 4) is 10.6 Å². The van der Waals surface area contributed by atoms with Crippen LogP contribution in [-0.4, -0.2) is 15.0 Å². The maximum absolute atomic E-state index is 5.74. The number of halogens is 1. The van der Waals surface area contributed by atoms with Crippen molar-refractivity contribution in [1.82, 2.24) is 15.0 Å². The third-order valence-corrected chi connectivity index (χ3v) is 4.28. The summed E-state index contributed by atoms with van der Waals surface area (Å²) in [6.45, 7) is 1.92. The Morgan fingerprint density at radius 2 is 2.10 bits per heavy atom. The molecular weight excluding hydrogens is 350 g/mol. The third kappa shape index (κ3) is 3.20. The SMILES string of the molecule is Cc1nc(N)sc1-c1ccnc(Nc2cccc(Br)c2)n1. The molecule has 3 aromatic rings. The Labute approximate surface area is 134 Å². The highest BCUT2D eigenvalue weighted by molar-refractivity contribution is 9.10. The molecule has 1 aromatic carbocycles. The van der Waals surface area contributed by atoms with Gasteiger partial charge >= 0.3 is 0 Å². The van der Waals surface area contributed by atoms with E-state index in [9.17, 15) is 0 Å². The highest BCUT2D eigenvalue weighted by Gasteiger charge is 2.10. The lowest BCUT2D eigenvalue weighted by Crippen LogP contribution is -1.97. The van der Waals surface area contributed by atoms with Crippen molar-refractivity contribution in [2.24, 2.45) is 0 Å². The van der Waals surface area contributed by atoms with Gasteiger partial charge in [0.1, 0.15) is 0 Å². The van der Waals surface area contributed by atoms with Crippen LogP contribution in [0.3, 0.4) is 0 Å². The van der Waals surface area contributed by atoms with Crippen LogP contribution in [0, 0.1) is 6.92 Å². The van der Waals surface area contributed by atoms with Crippen molar-refractivity contribution in [1.29, 1.82) is 0 Å². The van der Waals surface area contributed by atoms with Gasteiger partial charge in [0, 0.05) is 16.4 Å². The summed E-state index contributed by atoms with van der Waals surface area (Å²) in [6, 6.07) is 9.69. The Bertz CT molecular complexity index is 787. The number of thiazole rings is 1. The van der Waals surface area contributed by atoms with Crippen molar-refractivity contribution in [3.63, 3.8) is 0 Å². The molecule has 0 fully saturated rings. The standard InChI is InChI=1S/C14H12BrN5S/c1-8-12(21-13(16)18-8)11-5-6-17-14(20-11)19-10-4-2-3-9(15)7-10/h2-7H,1H3,(H2,16,18)(H,17,19,20). The Kier molecular flexibility index (Phi) is 3.85. The minimum Gasteiger partial charge on any atom is -0.375 e. The number of anilines is 3. The van der Waals surface area contributed by atoms with Crippen molar-refractivity contribution < 1.29 is 0 Å². The first-order valence-corrected chi connectivity index (χ1v) is 7.82. The molecule has 21 heavy (non-hydrogen) atoms. The number of aromatic nitrogens is 3. The van der Waals surface area contributed by atoms with Gasteiger partial charge in [0.05, 0.1) is 16.3 Å². The number of nitrogens with two attached hydrogens (primary N) is 1. The molecule has 0 spiro atoms. The van der Waals surface area contributed by atoms with Crippen LogP contribution in [0.1, 0.15) is 5.69 Å². The maximum atomic E-state index is 5.74. The van der Waals surface area contributed by atoms with E-state index in [2.05, 4.69) is 36.2 Å². The van der Waals surface area contributed by atoms with E-state index < -0.39 is 0 Å². The van der Waals surface area contributed by atoms with Gasteiger partial charge in [0.2, 0.25) is 5.95 Å². The smallest absolute Gasteiger partial charge is 0.227 e. The van der Waals surface area contributed by atoms with E-state index in [0.717, 1.165) is 26.4 Å². The zero-order valence-electron chi connectivity index (χ0n) is 11.2. The number of hydrogen-bond donors (Lipinski definition) is 2. The molecule has 0 aliphatic heterocycles. The number of rotatable bonds is 3.